The lowest BCUT2D eigenvalue weighted by Crippen LogP contribution is -2.49. The highest BCUT2D eigenvalue weighted by molar-refractivity contribution is 5.82. The molecule has 0 spiro atoms. The van der Waals surface area contributed by atoms with Crippen molar-refractivity contribution < 1.29 is 4.79 Å². The number of amides is 1. The summed E-state index contributed by atoms with van der Waals surface area (Å²) in [6, 6.07) is 0.0568. The molecule has 2 saturated heterocycles. The van der Waals surface area contributed by atoms with Crippen molar-refractivity contribution in [1.29, 1.82) is 0 Å². The van der Waals surface area contributed by atoms with E-state index in [1.54, 1.807) is 0 Å². The van der Waals surface area contributed by atoms with Crippen LogP contribution in [0.25, 0.3) is 0 Å². The second-order valence-corrected chi connectivity index (χ2v) is 4.49. The summed E-state index contributed by atoms with van der Waals surface area (Å²) in [6.45, 7) is 5.35. The standard InChI is InChI=1S/C11H21N3O/c15-11-10(4-3-5-13-11)12-6-9-14-7-1-2-8-14/h10,12H,1-9H2,(H,13,15). The van der Waals surface area contributed by atoms with Crippen molar-refractivity contribution in [2.24, 2.45) is 0 Å². The third-order valence-electron chi connectivity index (χ3n) is 3.30. The van der Waals surface area contributed by atoms with Gasteiger partial charge in [0.1, 0.15) is 0 Å². The van der Waals surface area contributed by atoms with Gasteiger partial charge in [-0.2, -0.15) is 0 Å². The van der Waals surface area contributed by atoms with Crippen LogP contribution in [0.2, 0.25) is 0 Å². The molecule has 2 aliphatic heterocycles. The maximum absolute atomic E-state index is 11.4. The number of carbonyl (C=O) groups is 1. The van der Waals surface area contributed by atoms with Crippen molar-refractivity contribution in [2.75, 3.05) is 32.7 Å². The number of piperidine rings is 1. The Morgan fingerprint density at radius 3 is 2.87 bits per heavy atom. The van der Waals surface area contributed by atoms with E-state index in [4.69, 9.17) is 0 Å². The fourth-order valence-electron chi connectivity index (χ4n) is 2.37. The third kappa shape index (κ3) is 3.18. The van der Waals surface area contributed by atoms with Gasteiger partial charge in [0, 0.05) is 19.6 Å². The molecule has 0 aromatic heterocycles. The molecule has 0 saturated carbocycles. The van der Waals surface area contributed by atoms with Crippen LogP contribution >= 0.6 is 0 Å². The summed E-state index contributed by atoms with van der Waals surface area (Å²) in [6.07, 6.45) is 4.77. The van der Waals surface area contributed by atoms with Gasteiger partial charge in [-0.3, -0.25) is 4.79 Å². The smallest absolute Gasteiger partial charge is 0.237 e. The maximum atomic E-state index is 11.4. The molecule has 0 aliphatic carbocycles. The first kappa shape index (κ1) is 10.9. The minimum absolute atomic E-state index is 0.0568. The molecule has 1 atom stereocenters. The molecule has 86 valence electrons. The highest BCUT2D eigenvalue weighted by Crippen LogP contribution is 2.06. The summed E-state index contributed by atoms with van der Waals surface area (Å²) in [7, 11) is 0. The van der Waals surface area contributed by atoms with Crippen LogP contribution in [0.15, 0.2) is 0 Å². The average Bonchev–Trinajstić information content (AvgIpc) is 2.74. The fraction of sp³-hybridized carbons (Fsp3) is 0.909. The van der Waals surface area contributed by atoms with Crippen LogP contribution in [0.4, 0.5) is 0 Å². The van der Waals surface area contributed by atoms with Gasteiger partial charge in [0.25, 0.3) is 0 Å². The number of carbonyl (C=O) groups excluding carboxylic acids is 1. The summed E-state index contributed by atoms with van der Waals surface area (Å²) in [4.78, 5) is 13.9. The fourth-order valence-corrected chi connectivity index (χ4v) is 2.37. The van der Waals surface area contributed by atoms with Crippen LogP contribution in [0.1, 0.15) is 25.7 Å². The molecule has 2 aliphatic rings. The second-order valence-electron chi connectivity index (χ2n) is 4.49. The second kappa shape index (κ2) is 5.47. The molecule has 0 aromatic carbocycles. The van der Waals surface area contributed by atoms with Crippen LogP contribution in [-0.4, -0.2) is 49.6 Å². The summed E-state index contributed by atoms with van der Waals surface area (Å²) < 4.78 is 0. The van der Waals surface area contributed by atoms with E-state index in [1.165, 1.54) is 25.9 Å². The zero-order chi connectivity index (χ0) is 10.5. The molecule has 0 radical (unpaired) electrons. The third-order valence-corrected chi connectivity index (χ3v) is 3.30. The first-order valence-corrected chi connectivity index (χ1v) is 6.10. The maximum Gasteiger partial charge on any atom is 0.237 e. The number of hydrogen-bond donors (Lipinski definition) is 2. The Hall–Kier alpha value is -0.610. The van der Waals surface area contributed by atoms with Crippen molar-refractivity contribution in [1.82, 2.24) is 15.5 Å². The lowest BCUT2D eigenvalue weighted by Gasteiger charge is -2.24. The predicted octanol–water partition coefficient (Wildman–Crippen LogP) is -0.0496. The van der Waals surface area contributed by atoms with Crippen LogP contribution in [0.3, 0.4) is 0 Å². The molecule has 4 nitrogen and oxygen atoms in total. The van der Waals surface area contributed by atoms with Gasteiger partial charge in [0.15, 0.2) is 0 Å². The van der Waals surface area contributed by atoms with E-state index in [9.17, 15) is 4.79 Å². The lowest BCUT2D eigenvalue weighted by molar-refractivity contribution is -0.124. The quantitative estimate of drug-likeness (QED) is 0.685. The van der Waals surface area contributed by atoms with Crippen LogP contribution in [0, 0.1) is 0 Å². The van der Waals surface area contributed by atoms with Crippen molar-refractivity contribution in [2.45, 2.75) is 31.7 Å². The molecule has 2 rings (SSSR count). The van der Waals surface area contributed by atoms with Gasteiger partial charge in [-0.1, -0.05) is 0 Å². The normalized spacial score (nSPS) is 28.0. The lowest BCUT2D eigenvalue weighted by atomic mass is 10.1. The van der Waals surface area contributed by atoms with Gasteiger partial charge in [-0.05, 0) is 38.8 Å². The number of nitrogens with zero attached hydrogens (tertiary/aromatic N) is 1. The van der Waals surface area contributed by atoms with E-state index < -0.39 is 0 Å². The zero-order valence-electron chi connectivity index (χ0n) is 9.30. The average molecular weight is 211 g/mol. The predicted molar refractivity (Wildman–Crippen MR) is 59.7 cm³/mol. The SMILES string of the molecule is O=C1NCCCC1NCCN1CCCC1. The van der Waals surface area contributed by atoms with Crippen molar-refractivity contribution in [3.63, 3.8) is 0 Å². The summed E-state index contributed by atoms with van der Waals surface area (Å²) in [5, 5.41) is 6.24. The number of nitrogens with one attached hydrogen (secondary N) is 2. The van der Waals surface area contributed by atoms with Gasteiger partial charge in [-0.25, -0.2) is 0 Å². The Bertz CT molecular complexity index is 214. The van der Waals surface area contributed by atoms with E-state index in [2.05, 4.69) is 15.5 Å². The van der Waals surface area contributed by atoms with Gasteiger partial charge in [0.05, 0.1) is 6.04 Å². The van der Waals surface area contributed by atoms with Crippen molar-refractivity contribution in [3.8, 4) is 0 Å². The largest absolute Gasteiger partial charge is 0.355 e. The summed E-state index contributed by atoms with van der Waals surface area (Å²) in [5.41, 5.74) is 0. The Balaban J connectivity index is 1.61. The van der Waals surface area contributed by atoms with Crippen LogP contribution < -0.4 is 10.6 Å². The van der Waals surface area contributed by atoms with Crippen molar-refractivity contribution >= 4 is 5.91 Å². The van der Waals surface area contributed by atoms with E-state index in [-0.39, 0.29) is 11.9 Å². The molecule has 1 amide bonds. The van der Waals surface area contributed by atoms with E-state index in [0.717, 1.165) is 32.5 Å². The Kier molecular flexibility index (Phi) is 3.97. The molecule has 2 heterocycles. The van der Waals surface area contributed by atoms with Gasteiger partial charge >= 0.3 is 0 Å². The molecule has 1 unspecified atom stereocenters. The van der Waals surface area contributed by atoms with Gasteiger partial charge in [-0.15, -0.1) is 0 Å². The zero-order valence-corrected chi connectivity index (χ0v) is 9.30. The van der Waals surface area contributed by atoms with E-state index in [0.29, 0.717) is 0 Å². The van der Waals surface area contributed by atoms with E-state index in [1.807, 2.05) is 0 Å². The molecule has 15 heavy (non-hydrogen) atoms. The minimum atomic E-state index is 0.0568. The number of rotatable bonds is 4. The molecule has 0 aromatic rings. The van der Waals surface area contributed by atoms with Gasteiger partial charge in [0.2, 0.25) is 5.91 Å². The number of hydrogen-bond acceptors (Lipinski definition) is 3. The van der Waals surface area contributed by atoms with Crippen molar-refractivity contribution in [3.05, 3.63) is 0 Å². The van der Waals surface area contributed by atoms with E-state index >= 15 is 0 Å². The Labute approximate surface area is 91.4 Å². The number of likely N-dealkylation sites (tertiary alicyclic amines) is 1. The summed E-state index contributed by atoms with van der Waals surface area (Å²) in [5.74, 6) is 0.183. The highest BCUT2D eigenvalue weighted by Gasteiger charge is 2.21. The molecule has 2 N–H and O–H groups in total. The van der Waals surface area contributed by atoms with Crippen LogP contribution in [-0.2, 0) is 4.79 Å². The molecule has 0 bridgehead atoms. The monoisotopic (exact) mass is 211 g/mol. The Morgan fingerprint density at radius 1 is 1.33 bits per heavy atom. The highest BCUT2D eigenvalue weighted by atomic mass is 16.2. The summed E-state index contributed by atoms with van der Waals surface area (Å²) >= 11 is 0. The van der Waals surface area contributed by atoms with Crippen LogP contribution in [0.5, 0.6) is 0 Å². The first-order valence-electron chi connectivity index (χ1n) is 6.10. The molecule has 2 fully saturated rings. The molecular formula is C11H21N3O. The molecule has 4 heteroatoms. The topological polar surface area (TPSA) is 44.4 Å². The Morgan fingerprint density at radius 2 is 2.13 bits per heavy atom. The minimum Gasteiger partial charge on any atom is -0.355 e. The first-order chi connectivity index (χ1) is 7.36. The van der Waals surface area contributed by atoms with Gasteiger partial charge < -0.3 is 15.5 Å². The molecular weight excluding hydrogens is 190 g/mol.